The predicted molar refractivity (Wildman–Crippen MR) is 127 cm³/mol. The van der Waals surface area contributed by atoms with E-state index in [1.165, 1.54) is 33.1 Å². The van der Waals surface area contributed by atoms with Crippen LogP contribution in [0.4, 0.5) is 26.3 Å². The summed E-state index contributed by atoms with van der Waals surface area (Å²) in [6, 6.07) is 1.71. The topological polar surface area (TPSA) is 121 Å². The van der Waals surface area contributed by atoms with Gasteiger partial charge in [0.2, 0.25) is 5.89 Å². The van der Waals surface area contributed by atoms with E-state index in [4.69, 9.17) is 19.6 Å². The Morgan fingerprint density at radius 1 is 1.15 bits per heavy atom. The third-order valence-electron chi connectivity index (χ3n) is 6.44. The second-order valence-electron chi connectivity index (χ2n) is 9.06. The lowest BCUT2D eigenvalue weighted by Gasteiger charge is -2.27. The van der Waals surface area contributed by atoms with Gasteiger partial charge in [-0.05, 0) is 44.5 Å². The van der Waals surface area contributed by atoms with Crippen LogP contribution in [0.25, 0.3) is 22.4 Å². The number of methoxy groups -OCH3 is 1. The number of hydrogen-bond donors (Lipinski definition) is 1. The highest BCUT2D eigenvalue weighted by molar-refractivity contribution is 5.99. The first-order chi connectivity index (χ1) is 18.7. The fourth-order valence-electron chi connectivity index (χ4n) is 4.63. The molecule has 0 aliphatic carbocycles. The van der Waals surface area contributed by atoms with Gasteiger partial charge in [0.25, 0.3) is 5.91 Å². The molecule has 1 aliphatic rings. The van der Waals surface area contributed by atoms with Crippen LogP contribution >= 0.6 is 0 Å². The molecule has 2 N–H and O–H groups in total. The number of likely N-dealkylation sites (tertiary alicyclic amines) is 1. The first kappa shape index (κ1) is 29.1. The average molecular weight is 574 g/mol. The Morgan fingerprint density at radius 2 is 1.85 bits per heavy atom. The Balaban J connectivity index is 1.82. The number of rotatable bonds is 6. The molecule has 0 saturated carbocycles. The summed E-state index contributed by atoms with van der Waals surface area (Å²) in [6.07, 6.45) is -10.1. The number of amides is 1. The van der Waals surface area contributed by atoms with Crippen molar-refractivity contribution in [2.45, 2.75) is 44.7 Å². The van der Waals surface area contributed by atoms with Crippen LogP contribution in [0, 0.1) is 5.92 Å². The number of fused-ring (bicyclic) bond motifs is 1. The maximum Gasteiger partial charge on any atom is 0.433 e. The van der Waals surface area contributed by atoms with Crippen molar-refractivity contribution in [2.24, 2.45) is 11.7 Å². The van der Waals surface area contributed by atoms with E-state index in [9.17, 15) is 35.9 Å². The Labute approximate surface area is 223 Å². The summed E-state index contributed by atoms with van der Waals surface area (Å²) in [5.74, 6) is -4.82. The van der Waals surface area contributed by atoms with Gasteiger partial charge in [0.1, 0.15) is 23.0 Å². The third-order valence-corrected chi connectivity index (χ3v) is 6.44. The molecule has 3 atom stereocenters. The standard InChI is InChI=1S/C25H24F6N4O5/c1-4-39-23(37)19-14(24(26,27)28)9-10-35(19)22(36)18-20(11(2)32)40-21(34-18)13-5-7-15(38-3)17-12(13)6-8-16(33-17)25(29,30)31/h5-8,11,14,19H,4,9-10,32H2,1-3H3/t11?,14-,19-/m0/s1. The second kappa shape index (κ2) is 10.6. The van der Waals surface area contributed by atoms with E-state index < -0.39 is 66.6 Å². The van der Waals surface area contributed by atoms with Crippen molar-refractivity contribution in [3.8, 4) is 17.2 Å². The molecule has 0 radical (unpaired) electrons. The van der Waals surface area contributed by atoms with Crippen LogP contribution in [0.1, 0.15) is 48.3 Å². The van der Waals surface area contributed by atoms with E-state index in [2.05, 4.69) is 9.97 Å². The predicted octanol–water partition coefficient (Wildman–Crippen LogP) is 4.89. The van der Waals surface area contributed by atoms with E-state index in [1.54, 1.807) is 0 Å². The van der Waals surface area contributed by atoms with Gasteiger partial charge in [0.05, 0.1) is 25.7 Å². The van der Waals surface area contributed by atoms with Gasteiger partial charge < -0.3 is 24.5 Å². The SMILES string of the molecule is CCOC(=O)[C@@H]1[C@@H](C(F)(F)F)CCN1C(=O)c1nc(-c2ccc(OC)c3nc(C(F)(F)F)ccc23)oc1C(C)N. The quantitative estimate of drug-likeness (QED) is 0.326. The molecule has 4 rings (SSSR count). The van der Waals surface area contributed by atoms with Gasteiger partial charge in [-0.15, -0.1) is 0 Å². The average Bonchev–Trinajstić information content (AvgIpc) is 3.52. The zero-order chi connectivity index (χ0) is 29.6. The lowest BCUT2D eigenvalue weighted by atomic mass is 9.99. The number of aromatic nitrogens is 2. The Kier molecular flexibility index (Phi) is 7.71. The zero-order valence-corrected chi connectivity index (χ0v) is 21.4. The van der Waals surface area contributed by atoms with Crippen LogP contribution in [0.15, 0.2) is 28.7 Å². The van der Waals surface area contributed by atoms with Crippen molar-refractivity contribution in [3.05, 3.63) is 41.4 Å². The van der Waals surface area contributed by atoms with Crippen molar-refractivity contribution in [1.29, 1.82) is 0 Å². The molecule has 15 heteroatoms. The number of carbonyl (C=O) groups is 2. The molecule has 3 aromatic rings. The highest BCUT2D eigenvalue weighted by Crippen LogP contribution is 2.41. The number of hydrogen-bond acceptors (Lipinski definition) is 8. The van der Waals surface area contributed by atoms with Crippen LogP contribution < -0.4 is 10.5 Å². The lowest BCUT2D eigenvalue weighted by molar-refractivity contribution is -0.189. The normalized spacial score (nSPS) is 18.7. The molecule has 1 fully saturated rings. The van der Waals surface area contributed by atoms with E-state index in [1.807, 2.05) is 0 Å². The molecule has 2 aromatic heterocycles. The Morgan fingerprint density at radius 3 is 2.42 bits per heavy atom. The fourth-order valence-corrected chi connectivity index (χ4v) is 4.63. The molecule has 40 heavy (non-hydrogen) atoms. The van der Waals surface area contributed by atoms with Crippen LogP contribution in [0.3, 0.4) is 0 Å². The van der Waals surface area contributed by atoms with Gasteiger partial charge in [0, 0.05) is 17.5 Å². The number of ether oxygens (including phenoxy) is 2. The minimum absolute atomic E-state index is 0.0210. The molecule has 1 aromatic carbocycles. The van der Waals surface area contributed by atoms with E-state index in [0.29, 0.717) is 0 Å². The van der Waals surface area contributed by atoms with Gasteiger partial charge in [-0.3, -0.25) is 4.79 Å². The molecule has 0 spiro atoms. The van der Waals surface area contributed by atoms with Gasteiger partial charge in [-0.1, -0.05) is 0 Å². The number of pyridine rings is 1. The molecule has 3 heterocycles. The number of nitrogens with zero attached hydrogens (tertiary/aromatic N) is 3. The molecule has 1 aliphatic heterocycles. The summed E-state index contributed by atoms with van der Waals surface area (Å²) in [4.78, 5) is 34.6. The van der Waals surface area contributed by atoms with Crippen molar-refractivity contribution in [2.75, 3.05) is 20.3 Å². The third kappa shape index (κ3) is 5.29. The lowest BCUT2D eigenvalue weighted by Crippen LogP contribution is -2.48. The first-order valence-electron chi connectivity index (χ1n) is 12.0. The minimum atomic E-state index is -4.78. The maximum atomic E-state index is 13.7. The van der Waals surface area contributed by atoms with E-state index >= 15 is 0 Å². The summed E-state index contributed by atoms with van der Waals surface area (Å²) >= 11 is 0. The van der Waals surface area contributed by atoms with Crippen molar-refractivity contribution in [3.63, 3.8) is 0 Å². The van der Waals surface area contributed by atoms with Crippen LogP contribution in [-0.4, -0.2) is 59.2 Å². The summed E-state index contributed by atoms with van der Waals surface area (Å²) in [5.41, 5.74) is 4.31. The molecular formula is C25H24F6N4O5. The molecule has 0 bridgehead atoms. The Bertz CT molecular complexity index is 1440. The van der Waals surface area contributed by atoms with Gasteiger partial charge >= 0.3 is 18.3 Å². The van der Waals surface area contributed by atoms with Crippen molar-refractivity contribution < 1.29 is 49.8 Å². The monoisotopic (exact) mass is 574 g/mol. The number of esters is 1. The van der Waals surface area contributed by atoms with E-state index in [-0.39, 0.29) is 40.5 Å². The summed E-state index contributed by atoms with van der Waals surface area (Å²) in [5, 5.41) is 0.131. The molecule has 1 saturated heterocycles. The number of oxazole rings is 1. The smallest absolute Gasteiger partial charge is 0.433 e. The molecule has 1 amide bonds. The van der Waals surface area contributed by atoms with Crippen LogP contribution in [-0.2, 0) is 15.7 Å². The summed E-state index contributed by atoms with van der Waals surface area (Å²) in [6.45, 7) is 2.25. The number of alkyl halides is 6. The summed E-state index contributed by atoms with van der Waals surface area (Å²) < 4.78 is 96.8. The molecular weight excluding hydrogens is 550 g/mol. The molecule has 216 valence electrons. The van der Waals surface area contributed by atoms with Crippen molar-refractivity contribution >= 4 is 22.8 Å². The highest BCUT2D eigenvalue weighted by atomic mass is 19.4. The number of nitrogens with two attached hydrogens (primary N) is 1. The highest BCUT2D eigenvalue weighted by Gasteiger charge is 2.55. The minimum Gasteiger partial charge on any atom is -0.494 e. The Hall–Kier alpha value is -3.88. The van der Waals surface area contributed by atoms with E-state index in [0.717, 1.165) is 17.0 Å². The van der Waals surface area contributed by atoms with Crippen molar-refractivity contribution in [1.82, 2.24) is 14.9 Å². The number of benzene rings is 1. The number of carbonyl (C=O) groups excluding carboxylic acids is 2. The maximum absolute atomic E-state index is 13.7. The van der Waals surface area contributed by atoms with Crippen LogP contribution in [0.5, 0.6) is 5.75 Å². The van der Waals surface area contributed by atoms with Gasteiger partial charge in [-0.2, -0.15) is 26.3 Å². The molecule has 9 nitrogen and oxygen atoms in total. The largest absolute Gasteiger partial charge is 0.494 e. The van der Waals surface area contributed by atoms with Gasteiger partial charge in [0.15, 0.2) is 11.5 Å². The first-order valence-corrected chi connectivity index (χ1v) is 12.0. The zero-order valence-electron chi connectivity index (χ0n) is 21.4. The van der Waals surface area contributed by atoms with Crippen LogP contribution in [0.2, 0.25) is 0 Å². The fraction of sp³-hybridized carbons (Fsp3) is 0.440. The second-order valence-corrected chi connectivity index (χ2v) is 9.06. The summed E-state index contributed by atoms with van der Waals surface area (Å²) in [7, 11) is 1.25. The number of halogens is 6. The van der Waals surface area contributed by atoms with Gasteiger partial charge in [-0.25, -0.2) is 14.8 Å². The molecule has 1 unspecified atom stereocenters.